The monoisotopic (exact) mass is 638 g/mol. The number of benzene rings is 2. The molecule has 2 N–H and O–H groups in total. The maximum Gasteiger partial charge on any atom is 0.291 e. The first-order chi connectivity index (χ1) is 22.3. The Morgan fingerprint density at radius 3 is 2.36 bits per heavy atom. The largest absolute Gasteiger partial charge is 0.348 e. The van der Waals surface area contributed by atoms with Crippen molar-refractivity contribution >= 4 is 17.6 Å². The number of H-pyrrole nitrogens is 1. The summed E-state index contributed by atoms with van der Waals surface area (Å²) in [5.41, 5.74) is 3.94. The Kier molecular flexibility index (Phi) is 8.98. The lowest BCUT2D eigenvalue weighted by molar-refractivity contribution is -0.134. The van der Waals surface area contributed by atoms with Crippen LogP contribution in [0.2, 0.25) is 0 Å². The zero-order valence-corrected chi connectivity index (χ0v) is 28.8. The van der Waals surface area contributed by atoms with Crippen LogP contribution in [0.15, 0.2) is 53.5 Å². The number of rotatable bonds is 7. The summed E-state index contributed by atoms with van der Waals surface area (Å²) in [5.74, 6) is 1.46. The predicted molar refractivity (Wildman–Crippen MR) is 182 cm³/mol. The summed E-state index contributed by atoms with van der Waals surface area (Å²) < 4.78 is 0. The van der Waals surface area contributed by atoms with Gasteiger partial charge in [-0.3, -0.25) is 9.59 Å². The lowest BCUT2D eigenvalue weighted by Gasteiger charge is -2.47. The number of amidine groups is 1. The number of fused-ring (bicyclic) bond motifs is 1. The van der Waals surface area contributed by atoms with E-state index >= 15 is 0 Å². The normalized spacial score (nSPS) is 22.3. The van der Waals surface area contributed by atoms with Gasteiger partial charge in [0, 0.05) is 18.7 Å². The van der Waals surface area contributed by atoms with Crippen LogP contribution >= 0.6 is 0 Å². The molecule has 1 fully saturated rings. The first kappa shape index (κ1) is 32.8. The van der Waals surface area contributed by atoms with Crippen molar-refractivity contribution in [1.82, 2.24) is 35.7 Å². The van der Waals surface area contributed by atoms with Crippen LogP contribution in [0, 0.1) is 16.7 Å². The van der Waals surface area contributed by atoms with Gasteiger partial charge in [0.05, 0.1) is 12.6 Å². The quantitative estimate of drug-likeness (QED) is 0.317. The lowest BCUT2D eigenvalue weighted by Crippen LogP contribution is -2.52. The Morgan fingerprint density at radius 1 is 1.02 bits per heavy atom. The van der Waals surface area contributed by atoms with Gasteiger partial charge in [0.2, 0.25) is 0 Å². The van der Waals surface area contributed by atoms with E-state index in [1.807, 2.05) is 24.3 Å². The van der Waals surface area contributed by atoms with Crippen LogP contribution in [0.25, 0.3) is 0 Å². The highest BCUT2D eigenvalue weighted by Gasteiger charge is 2.53. The number of aromatic nitrogens is 4. The summed E-state index contributed by atoms with van der Waals surface area (Å²) in [6.07, 6.45) is 6.46. The van der Waals surface area contributed by atoms with Crippen LogP contribution in [0.5, 0.6) is 0 Å². The summed E-state index contributed by atoms with van der Waals surface area (Å²) in [5, 5.41) is 16.6. The number of aromatic amines is 1. The molecular formula is C37H50N8O2. The molecule has 2 aromatic carbocycles. The summed E-state index contributed by atoms with van der Waals surface area (Å²) in [6, 6.07) is 16.2. The van der Waals surface area contributed by atoms with Gasteiger partial charge >= 0.3 is 0 Å². The molecule has 3 heterocycles. The molecule has 2 aliphatic heterocycles. The first-order valence-corrected chi connectivity index (χ1v) is 17.2. The number of hydrogen-bond donors (Lipinski definition) is 2. The minimum Gasteiger partial charge on any atom is -0.348 e. The van der Waals surface area contributed by atoms with Crippen molar-refractivity contribution in [3.63, 3.8) is 0 Å². The fourth-order valence-corrected chi connectivity index (χ4v) is 7.60. The molecule has 10 nitrogen and oxygen atoms in total. The number of amides is 2. The third-order valence-corrected chi connectivity index (χ3v) is 10.4. The van der Waals surface area contributed by atoms with Gasteiger partial charge in [-0.2, -0.15) is 5.21 Å². The van der Waals surface area contributed by atoms with Crippen molar-refractivity contribution in [2.75, 3.05) is 6.54 Å². The van der Waals surface area contributed by atoms with E-state index in [1.54, 1.807) is 0 Å². The van der Waals surface area contributed by atoms with Gasteiger partial charge in [0.15, 0.2) is 11.7 Å². The molecule has 3 aliphatic rings. The molecular weight excluding hydrogens is 588 g/mol. The molecule has 0 radical (unpaired) electrons. The second-order valence-corrected chi connectivity index (χ2v) is 15.9. The molecule has 1 aromatic heterocycles. The highest BCUT2D eigenvalue weighted by atomic mass is 16.2. The average molecular weight is 639 g/mol. The number of carbonyl (C=O) groups excluding carboxylic acids is 2. The van der Waals surface area contributed by atoms with E-state index in [9.17, 15) is 9.59 Å². The van der Waals surface area contributed by atoms with Crippen LogP contribution in [0.1, 0.15) is 119 Å². The van der Waals surface area contributed by atoms with Gasteiger partial charge in [-0.05, 0) is 90.5 Å². The van der Waals surface area contributed by atoms with E-state index in [-0.39, 0.29) is 35.2 Å². The third kappa shape index (κ3) is 7.11. The molecule has 1 aliphatic carbocycles. The second-order valence-electron chi connectivity index (χ2n) is 15.9. The minimum absolute atomic E-state index is 0.0411. The fraction of sp³-hybridized carbons (Fsp3) is 0.568. The fourth-order valence-electron chi connectivity index (χ4n) is 7.60. The van der Waals surface area contributed by atoms with E-state index in [0.29, 0.717) is 29.7 Å². The topological polar surface area (TPSA) is 119 Å². The molecule has 0 saturated heterocycles. The maximum absolute atomic E-state index is 14.9. The van der Waals surface area contributed by atoms with E-state index in [1.165, 1.54) is 11.1 Å². The standard InChI is InChI=1S/C37H50N8O2/c1-35(2,3)19-17-30(26-11-13-27(14-12-26)33(46)38-23-31-40-42-43-41-31)45-34(47)32(44-22-18-25-9-7-8-10-28(25)24-44)39-37(45)20-15-29(16-21-37)36(4,5)6/h7-14,29-30H,15-24H2,1-6H3,(H,38,46)(H,40,41,42,43)/t29?,30-,37?/m1/s1. The minimum atomic E-state index is -0.575. The van der Waals surface area contributed by atoms with Gasteiger partial charge < -0.3 is 15.1 Å². The van der Waals surface area contributed by atoms with Crippen molar-refractivity contribution < 1.29 is 9.59 Å². The van der Waals surface area contributed by atoms with Crippen molar-refractivity contribution in [1.29, 1.82) is 0 Å². The Bertz CT molecular complexity index is 1590. The molecule has 0 bridgehead atoms. The lowest BCUT2D eigenvalue weighted by atomic mass is 9.69. The summed E-state index contributed by atoms with van der Waals surface area (Å²) >= 11 is 0. The maximum atomic E-state index is 14.9. The van der Waals surface area contributed by atoms with Crippen LogP contribution in [-0.2, 0) is 24.3 Å². The predicted octanol–water partition coefficient (Wildman–Crippen LogP) is 6.23. The molecule has 47 heavy (non-hydrogen) atoms. The van der Waals surface area contributed by atoms with Crippen molar-refractivity contribution in [3.8, 4) is 0 Å². The van der Waals surface area contributed by atoms with Gasteiger partial charge in [0.1, 0.15) is 5.66 Å². The molecule has 1 spiro atoms. The number of hydrogen-bond acceptors (Lipinski definition) is 7. The van der Waals surface area contributed by atoms with Gasteiger partial charge in [-0.15, -0.1) is 10.2 Å². The van der Waals surface area contributed by atoms with E-state index in [2.05, 4.69) is 102 Å². The van der Waals surface area contributed by atoms with E-state index < -0.39 is 5.66 Å². The number of tetrazole rings is 1. The number of aliphatic imine (C=N–C) groups is 1. The summed E-state index contributed by atoms with van der Waals surface area (Å²) in [4.78, 5) is 37.7. The van der Waals surface area contributed by atoms with Crippen molar-refractivity contribution in [2.24, 2.45) is 21.7 Å². The van der Waals surface area contributed by atoms with Crippen LogP contribution in [-0.4, -0.2) is 60.3 Å². The van der Waals surface area contributed by atoms with E-state index in [0.717, 1.165) is 57.1 Å². The zero-order chi connectivity index (χ0) is 33.4. The van der Waals surface area contributed by atoms with Gasteiger partial charge in [-0.25, -0.2) is 4.99 Å². The number of nitrogens with zero attached hydrogens (tertiary/aromatic N) is 6. The molecule has 0 unspecified atom stereocenters. The third-order valence-electron chi connectivity index (χ3n) is 10.4. The first-order valence-electron chi connectivity index (χ1n) is 17.2. The molecule has 3 aromatic rings. The van der Waals surface area contributed by atoms with Crippen LogP contribution in [0.3, 0.4) is 0 Å². The Labute approximate surface area is 278 Å². The Hall–Kier alpha value is -4.08. The van der Waals surface area contributed by atoms with E-state index in [4.69, 9.17) is 4.99 Å². The highest BCUT2D eigenvalue weighted by Crippen LogP contribution is 2.50. The molecule has 2 amide bonds. The molecule has 1 atom stereocenters. The molecule has 6 rings (SSSR count). The SMILES string of the molecule is CC(C)(C)CC[C@H](c1ccc(C(=O)NCc2nn[nH]n2)cc1)N1C(=O)C(N2CCc3ccccc3C2)=NC12CCC(C(C)(C)C)CC2. The highest BCUT2D eigenvalue weighted by molar-refractivity contribution is 6.39. The van der Waals surface area contributed by atoms with Crippen molar-refractivity contribution in [2.45, 2.75) is 111 Å². The zero-order valence-electron chi connectivity index (χ0n) is 28.8. The Morgan fingerprint density at radius 2 is 1.72 bits per heavy atom. The number of nitrogens with one attached hydrogen (secondary N) is 2. The van der Waals surface area contributed by atoms with Crippen LogP contribution in [0.4, 0.5) is 0 Å². The Balaban J connectivity index is 1.32. The summed E-state index contributed by atoms with van der Waals surface area (Å²) in [7, 11) is 0. The van der Waals surface area contributed by atoms with Gasteiger partial charge in [-0.1, -0.05) is 83.2 Å². The average Bonchev–Trinajstić information content (AvgIpc) is 3.66. The molecule has 250 valence electrons. The molecule has 10 heteroatoms. The molecule has 1 saturated carbocycles. The number of carbonyl (C=O) groups is 2. The van der Waals surface area contributed by atoms with Crippen LogP contribution < -0.4 is 5.32 Å². The smallest absolute Gasteiger partial charge is 0.291 e. The van der Waals surface area contributed by atoms with Crippen molar-refractivity contribution in [3.05, 3.63) is 76.6 Å². The summed E-state index contributed by atoms with van der Waals surface area (Å²) in [6.45, 7) is 15.4. The second kappa shape index (κ2) is 12.8. The van der Waals surface area contributed by atoms with Gasteiger partial charge in [0.25, 0.3) is 11.8 Å².